The second-order valence-corrected chi connectivity index (χ2v) is 5.26. The maximum atomic E-state index is 9.56. The molecule has 3 N–H and O–H groups in total. The van der Waals surface area contributed by atoms with Crippen molar-refractivity contribution < 1.29 is 5.11 Å². The second kappa shape index (κ2) is 5.88. The normalized spacial score (nSPS) is 11.7. The summed E-state index contributed by atoms with van der Waals surface area (Å²) in [4.78, 5) is 10.3. The zero-order chi connectivity index (χ0) is 16.4. The van der Waals surface area contributed by atoms with Crippen LogP contribution in [0.1, 0.15) is 5.69 Å². The number of aromatic nitrogens is 4. The van der Waals surface area contributed by atoms with Crippen molar-refractivity contribution in [1.29, 1.82) is 5.41 Å². The molecular weight excluding hydrogens is 292 g/mol. The monoisotopic (exact) mass is 308 g/mol. The molecule has 0 saturated heterocycles. The van der Waals surface area contributed by atoms with Gasteiger partial charge in [0.2, 0.25) is 5.88 Å². The zero-order valence-electron chi connectivity index (χ0n) is 12.8. The van der Waals surface area contributed by atoms with Gasteiger partial charge in [-0.25, -0.2) is 4.98 Å². The highest BCUT2D eigenvalue weighted by molar-refractivity contribution is 6.08. The summed E-state index contributed by atoms with van der Waals surface area (Å²) in [5, 5.41) is 25.1. The smallest absolute Gasteiger partial charge is 0.211 e. The molecule has 3 aromatic rings. The predicted octanol–water partition coefficient (Wildman–Crippen LogP) is 2.28. The summed E-state index contributed by atoms with van der Waals surface area (Å²) in [5.41, 5.74) is 3.33. The summed E-state index contributed by atoms with van der Waals surface area (Å²) in [7, 11) is 3.78. The Balaban J connectivity index is 2.16. The van der Waals surface area contributed by atoms with E-state index in [0.717, 1.165) is 10.9 Å². The first-order valence-corrected chi connectivity index (χ1v) is 6.98. The number of fused-ring (bicyclic) bond motifs is 1. The van der Waals surface area contributed by atoms with E-state index in [1.165, 1.54) is 12.3 Å². The van der Waals surface area contributed by atoms with E-state index in [4.69, 9.17) is 5.41 Å². The fourth-order valence-corrected chi connectivity index (χ4v) is 2.28. The molecule has 116 valence electrons. The summed E-state index contributed by atoms with van der Waals surface area (Å²) in [5.74, 6) is -0.0550. The highest BCUT2D eigenvalue weighted by atomic mass is 16.3. The minimum absolute atomic E-state index is 0.0550. The van der Waals surface area contributed by atoms with Crippen molar-refractivity contribution in [1.82, 2.24) is 25.1 Å². The van der Waals surface area contributed by atoms with E-state index in [1.807, 2.05) is 31.3 Å². The molecule has 0 aliphatic carbocycles. The van der Waals surface area contributed by atoms with Gasteiger partial charge in [0.05, 0.1) is 23.1 Å². The minimum atomic E-state index is -0.0550. The van der Waals surface area contributed by atoms with Gasteiger partial charge in [-0.05, 0) is 12.1 Å². The van der Waals surface area contributed by atoms with E-state index in [-0.39, 0.29) is 5.88 Å². The molecule has 3 heterocycles. The molecule has 0 saturated carbocycles. The van der Waals surface area contributed by atoms with Crippen LogP contribution in [0.15, 0.2) is 36.7 Å². The van der Waals surface area contributed by atoms with Gasteiger partial charge in [0.25, 0.3) is 0 Å². The van der Waals surface area contributed by atoms with Crippen molar-refractivity contribution in [2.45, 2.75) is 0 Å². The third-order valence-electron chi connectivity index (χ3n) is 3.27. The van der Waals surface area contributed by atoms with E-state index in [0.29, 0.717) is 22.7 Å². The Bertz CT molecular complexity index is 896. The molecule has 0 atom stereocenters. The molecule has 0 fully saturated rings. The maximum absolute atomic E-state index is 9.56. The lowest BCUT2D eigenvalue weighted by molar-refractivity contribution is 0.454. The van der Waals surface area contributed by atoms with E-state index >= 15 is 0 Å². The van der Waals surface area contributed by atoms with Gasteiger partial charge in [0.15, 0.2) is 0 Å². The Hall–Kier alpha value is -3.22. The number of nitrogens with one attached hydrogen (secondary N) is 2. The first-order valence-electron chi connectivity index (χ1n) is 6.98. The van der Waals surface area contributed by atoms with Crippen molar-refractivity contribution >= 4 is 22.7 Å². The van der Waals surface area contributed by atoms with Crippen LogP contribution in [0.2, 0.25) is 0 Å². The van der Waals surface area contributed by atoms with Crippen LogP contribution in [0.5, 0.6) is 5.88 Å². The molecule has 7 heteroatoms. The lowest BCUT2D eigenvalue weighted by Gasteiger charge is -2.08. The van der Waals surface area contributed by atoms with Crippen molar-refractivity contribution in [2.24, 2.45) is 0 Å². The van der Waals surface area contributed by atoms with Gasteiger partial charge in [-0.15, -0.1) is 0 Å². The third kappa shape index (κ3) is 2.89. The lowest BCUT2D eigenvalue weighted by Crippen LogP contribution is -2.04. The van der Waals surface area contributed by atoms with Crippen molar-refractivity contribution in [3.05, 3.63) is 42.4 Å². The Morgan fingerprint density at radius 3 is 2.87 bits per heavy atom. The molecular formula is C16H16N6O. The number of hydrogen-bond acceptors (Lipinski definition) is 6. The van der Waals surface area contributed by atoms with Crippen LogP contribution in [0.3, 0.4) is 0 Å². The van der Waals surface area contributed by atoms with Crippen LogP contribution in [-0.4, -0.2) is 50.5 Å². The van der Waals surface area contributed by atoms with Crippen LogP contribution in [0.25, 0.3) is 27.9 Å². The van der Waals surface area contributed by atoms with Crippen molar-refractivity contribution in [3.63, 3.8) is 0 Å². The number of pyridine rings is 2. The number of rotatable bonds is 4. The van der Waals surface area contributed by atoms with Crippen LogP contribution >= 0.6 is 0 Å². The first kappa shape index (κ1) is 14.7. The highest BCUT2D eigenvalue weighted by Gasteiger charge is 2.12. The molecule has 0 aliphatic rings. The molecule has 0 spiro atoms. The Labute approximate surface area is 132 Å². The van der Waals surface area contributed by atoms with Gasteiger partial charge in [0, 0.05) is 43.5 Å². The number of nitrogens with zero attached hydrogens (tertiary/aromatic N) is 4. The quantitative estimate of drug-likeness (QED) is 0.642. The van der Waals surface area contributed by atoms with Gasteiger partial charge in [0.1, 0.15) is 5.69 Å². The fourth-order valence-electron chi connectivity index (χ4n) is 2.28. The van der Waals surface area contributed by atoms with Gasteiger partial charge < -0.3 is 15.4 Å². The van der Waals surface area contributed by atoms with Gasteiger partial charge in [-0.2, -0.15) is 5.10 Å². The zero-order valence-corrected chi connectivity index (χ0v) is 12.8. The van der Waals surface area contributed by atoms with Gasteiger partial charge in [-0.3, -0.25) is 10.1 Å². The second-order valence-electron chi connectivity index (χ2n) is 5.26. The highest BCUT2D eigenvalue weighted by Crippen LogP contribution is 2.27. The Kier molecular flexibility index (Phi) is 3.76. The molecule has 0 radical (unpaired) electrons. The Morgan fingerprint density at radius 1 is 1.35 bits per heavy atom. The molecule has 0 unspecified atom stereocenters. The summed E-state index contributed by atoms with van der Waals surface area (Å²) in [6.45, 7) is 0. The number of aromatic amines is 1. The largest absolute Gasteiger partial charge is 0.493 e. The third-order valence-corrected chi connectivity index (χ3v) is 3.27. The van der Waals surface area contributed by atoms with Crippen LogP contribution in [0, 0.1) is 5.41 Å². The number of aromatic hydroxyl groups is 1. The molecule has 23 heavy (non-hydrogen) atoms. The Morgan fingerprint density at radius 2 is 2.17 bits per heavy atom. The topological polar surface area (TPSA) is 102 Å². The van der Waals surface area contributed by atoms with E-state index < -0.39 is 0 Å². The molecule has 0 aromatic carbocycles. The van der Waals surface area contributed by atoms with E-state index in [9.17, 15) is 5.11 Å². The first-order chi connectivity index (χ1) is 11.1. The maximum Gasteiger partial charge on any atom is 0.211 e. The fraction of sp³-hybridized carbons (Fsp3) is 0.125. The molecule has 7 nitrogen and oxygen atoms in total. The summed E-state index contributed by atoms with van der Waals surface area (Å²) in [6, 6.07) is 6.87. The molecule has 0 amide bonds. The van der Waals surface area contributed by atoms with E-state index in [1.54, 1.807) is 18.3 Å². The van der Waals surface area contributed by atoms with Crippen molar-refractivity contribution in [3.8, 4) is 17.3 Å². The summed E-state index contributed by atoms with van der Waals surface area (Å²) in [6.07, 6.45) is 4.77. The summed E-state index contributed by atoms with van der Waals surface area (Å²) >= 11 is 0. The average Bonchev–Trinajstić information content (AvgIpc) is 2.95. The standard InChI is InChI=1S/C16H16N6O/c1-22(2)9-10(7-17)13-6-11-14(8-18-13)20-21-16(11)12-4-3-5-15(23)19-12/h3-9,17H,1-2H3,(H,19,23)(H,20,21)/b10-9+,17-7?. The number of H-pyrrole nitrogens is 1. The number of hydrogen-bond donors (Lipinski definition) is 3. The van der Waals surface area contributed by atoms with E-state index in [2.05, 4.69) is 20.2 Å². The van der Waals surface area contributed by atoms with Gasteiger partial charge >= 0.3 is 0 Å². The molecule has 3 aromatic heterocycles. The van der Waals surface area contributed by atoms with Gasteiger partial charge in [-0.1, -0.05) is 6.07 Å². The van der Waals surface area contributed by atoms with Crippen LogP contribution < -0.4 is 0 Å². The van der Waals surface area contributed by atoms with Crippen LogP contribution in [0.4, 0.5) is 0 Å². The molecule has 3 rings (SSSR count). The predicted molar refractivity (Wildman–Crippen MR) is 89.2 cm³/mol. The minimum Gasteiger partial charge on any atom is -0.493 e. The lowest BCUT2D eigenvalue weighted by atomic mass is 10.1. The summed E-state index contributed by atoms with van der Waals surface area (Å²) < 4.78 is 0. The van der Waals surface area contributed by atoms with Crippen LogP contribution in [-0.2, 0) is 0 Å². The molecule has 0 bridgehead atoms. The average molecular weight is 308 g/mol. The molecule has 0 aliphatic heterocycles. The number of allylic oxidation sites excluding steroid dienone is 1. The van der Waals surface area contributed by atoms with Crippen molar-refractivity contribution in [2.75, 3.05) is 14.1 Å². The SMILES string of the molecule is CN(C)/C=C(\C=N)c1cc2c(-c3cccc(O)n3)n[nH]c2cn1.